The lowest BCUT2D eigenvalue weighted by atomic mass is 10.0. The van der Waals surface area contributed by atoms with Crippen molar-refractivity contribution in [2.24, 2.45) is 0 Å². The van der Waals surface area contributed by atoms with E-state index in [9.17, 15) is 13.2 Å². The Morgan fingerprint density at radius 3 is 2.54 bits per heavy atom. The van der Waals surface area contributed by atoms with E-state index in [4.69, 9.17) is 0 Å². The molecule has 2 N–H and O–H groups in total. The summed E-state index contributed by atoms with van der Waals surface area (Å²) in [6, 6.07) is 15.0. The van der Waals surface area contributed by atoms with Gasteiger partial charge < -0.3 is 5.32 Å². The van der Waals surface area contributed by atoms with Gasteiger partial charge in [-0.1, -0.05) is 30.3 Å². The van der Waals surface area contributed by atoms with Crippen molar-refractivity contribution in [2.75, 3.05) is 25.0 Å². The third-order valence-corrected chi connectivity index (χ3v) is 6.94. The van der Waals surface area contributed by atoms with Gasteiger partial charge in [-0.3, -0.25) is 9.69 Å². The molecule has 1 fully saturated rings. The smallest absolute Gasteiger partial charge is 0.240 e. The highest BCUT2D eigenvalue weighted by Gasteiger charge is 2.26. The highest BCUT2D eigenvalue weighted by atomic mass is 32.2. The van der Waals surface area contributed by atoms with Crippen LogP contribution in [0.15, 0.2) is 53.4 Å². The number of hydrogen-bond acceptors (Lipinski definition) is 4. The second kappa shape index (κ2) is 8.03. The van der Waals surface area contributed by atoms with E-state index in [0.717, 1.165) is 37.1 Å². The zero-order valence-electron chi connectivity index (χ0n) is 15.7. The van der Waals surface area contributed by atoms with Crippen molar-refractivity contribution >= 4 is 21.6 Å². The number of hydrogen-bond donors (Lipinski definition) is 2. The third-order valence-electron chi connectivity index (χ3n) is 5.51. The minimum Gasteiger partial charge on any atom is -0.326 e. The number of fused-ring (bicyclic) bond motifs is 1. The number of carbonyl (C=O) groups excluding carboxylic acids is 1. The van der Waals surface area contributed by atoms with Crippen LogP contribution in [0.1, 0.15) is 36.4 Å². The molecule has 1 atom stereocenters. The van der Waals surface area contributed by atoms with Gasteiger partial charge in [0.05, 0.1) is 4.90 Å². The van der Waals surface area contributed by atoms with E-state index < -0.39 is 10.0 Å². The Morgan fingerprint density at radius 2 is 1.79 bits per heavy atom. The van der Waals surface area contributed by atoms with Crippen molar-refractivity contribution < 1.29 is 13.2 Å². The van der Waals surface area contributed by atoms with Crippen molar-refractivity contribution in [1.29, 1.82) is 0 Å². The number of benzene rings is 2. The molecule has 2 aliphatic heterocycles. The van der Waals surface area contributed by atoms with Gasteiger partial charge in [0.1, 0.15) is 0 Å². The number of sulfonamides is 1. The zero-order chi connectivity index (χ0) is 19.6. The number of likely N-dealkylation sites (tertiary alicyclic amines) is 1. The molecular formula is C21H25N3O3S. The zero-order valence-corrected chi connectivity index (χ0v) is 16.5. The van der Waals surface area contributed by atoms with E-state index in [0.29, 0.717) is 25.1 Å². The molecule has 1 unspecified atom stereocenters. The van der Waals surface area contributed by atoms with Gasteiger partial charge in [0.2, 0.25) is 15.9 Å². The van der Waals surface area contributed by atoms with E-state index >= 15 is 0 Å². The van der Waals surface area contributed by atoms with Crippen molar-refractivity contribution in [1.82, 2.24) is 9.62 Å². The van der Waals surface area contributed by atoms with Crippen LogP contribution in [0.5, 0.6) is 0 Å². The van der Waals surface area contributed by atoms with Crippen LogP contribution in [0, 0.1) is 0 Å². The van der Waals surface area contributed by atoms with Crippen molar-refractivity contribution in [3.8, 4) is 0 Å². The van der Waals surface area contributed by atoms with Crippen LogP contribution in [-0.4, -0.2) is 38.9 Å². The minimum atomic E-state index is -3.63. The predicted octanol–water partition coefficient (Wildman–Crippen LogP) is 2.69. The first-order valence-corrected chi connectivity index (χ1v) is 11.2. The third kappa shape index (κ3) is 4.11. The lowest BCUT2D eigenvalue weighted by Crippen LogP contribution is -2.36. The molecule has 0 aliphatic carbocycles. The van der Waals surface area contributed by atoms with Crippen molar-refractivity contribution in [3.63, 3.8) is 0 Å². The molecule has 4 rings (SSSR count). The second-order valence-corrected chi connectivity index (χ2v) is 9.16. The Morgan fingerprint density at radius 1 is 1.04 bits per heavy atom. The number of aryl methyl sites for hydroxylation is 1. The average Bonchev–Trinajstić information content (AvgIpc) is 3.23. The second-order valence-electron chi connectivity index (χ2n) is 7.39. The van der Waals surface area contributed by atoms with Crippen molar-refractivity contribution in [2.45, 2.75) is 36.6 Å². The highest BCUT2D eigenvalue weighted by molar-refractivity contribution is 7.89. The maximum atomic E-state index is 12.9. The van der Waals surface area contributed by atoms with Crippen LogP contribution in [0.4, 0.5) is 5.69 Å². The van der Waals surface area contributed by atoms with E-state index in [-0.39, 0.29) is 16.8 Å². The highest BCUT2D eigenvalue weighted by Crippen LogP contribution is 2.27. The first-order chi connectivity index (χ1) is 13.5. The Hall–Kier alpha value is -2.22. The summed E-state index contributed by atoms with van der Waals surface area (Å²) in [5.41, 5.74) is 2.69. The molecule has 7 heteroatoms. The molecule has 28 heavy (non-hydrogen) atoms. The van der Waals surface area contributed by atoms with E-state index in [2.05, 4.69) is 27.1 Å². The first kappa shape index (κ1) is 19.1. The fourth-order valence-corrected chi connectivity index (χ4v) is 5.07. The molecule has 2 aromatic carbocycles. The molecule has 1 saturated heterocycles. The Labute approximate surface area is 166 Å². The summed E-state index contributed by atoms with van der Waals surface area (Å²) in [7, 11) is -3.63. The summed E-state index contributed by atoms with van der Waals surface area (Å²) >= 11 is 0. The summed E-state index contributed by atoms with van der Waals surface area (Å²) in [5, 5.41) is 2.79. The monoisotopic (exact) mass is 399 g/mol. The summed E-state index contributed by atoms with van der Waals surface area (Å²) in [5.74, 6) is -0.0300. The molecule has 6 nitrogen and oxygen atoms in total. The molecule has 0 aromatic heterocycles. The van der Waals surface area contributed by atoms with E-state index in [1.165, 1.54) is 0 Å². The molecule has 148 valence electrons. The molecule has 1 amide bonds. The Kier molecular flexibility index (Phi) is 5.48. The molecule has 0 radical (unpaired) electrons. The standard InChI is InChI=1S/C21H25N3O3S/c25-21-11-8-17-14-18(9-10-19(17)23-21)28(26,27)22-15-20(24-12-4-5-13-24)16-6-2-1-3-7-16/h1-3,6-7,9-10,14,20,22H,4-5,8,11-13,15H2,(H,23,25). The van der Waals surface area contributed by atoms with Crippen LogP contribution in [0.3, 0.4) is 0 Å². The number of nitrogens with one attached hydrogen (secondary N) is 2. The molecule has 0 bridgehead atoms. The largest absolute Gasteiger partial charge is 0.326 e. The summed E-state index contributed by atoms with van der Waals surface area (Å²) in [6.45, 7) is 2.31. The maximum absolute atomic E-state index is 12.9. The number of anilines is 1. The van der Waals surface area contributed by atoms with Gasteiger partial charge in [-0.15, -0.1) is 0 Å². The van der Waals surface area contributed by atoms with Crippen LogP contribution in [-0.2, 0) is 21.2 Å². The summed E-state index contributed by atoms with van der Waals surface area (Å²) in [4.78, 5) is 14.1. The lowest BCUT2D eigenvalue weighted by molar-refractivity contribution is -0.116. The average molecular weight is 400 g/mol. The quantitative estimate of drug-likeness (QED) is 0.783. The molecule has 2 aromatic rings. The lowest BCUT2D eigenvalue weighted by Gasteiger charge is -2.28. The predicted molar refractivity (Wildman–Crippen MR) is 109 cm³/mol. The molecular weight excluding hydrogens is 374 g/mol. The van der Waals surface area contributed by atoms with Crippen molar-refractivity contribution in [3.05, 3.63) is 59.7 Å². The van der Waals surface area contributed by atoms with Gasteiger partial charge in [0.15, 0.2) is 0 Å². The maximum Gasteiger partial charge on any atom is 0.240 e. The van der Waals surface area contributed by atoms with Gasteiger partial charge in [-0.25, -0.2) is 13.1 Å². The fourth-order valence-electron chi connectivity index (χ4n) is 3.99. The first-order valence-electron chi connectivity index (χ1n) is 9.74. The summed E-state index contributed by atoms with van der Waals surface area (Å²) < 4.78 is 28.6. The normalized spacial score (nSPS) is 18.5. The molecule has 0 spiro atoms. The van der Waals surface area contributed by atoms with Gasteiger partial charge in [0, 0.05) is 24.7 Å². The van der Waals surface area contributed by atoms with E-state index in [1.54, 1.807) is 18.2 Å². The molecule has 2 aliphatic rings. The van der Waals surface area contributed by atoms with Crippen LogP contribution >= 0.6 is 0 Å². The molecule has 2 heterocycles. The topological polar surface area (TPSA) is 78.5 Å². The SMILES string of the molecule is O=C1CCc2cc(S(=O)(=O)NCC(c3ccccc3)N3CCCC3)ccc2N1. The van der Waals surface area contributed by atoms with Gasteiger partial charge in [-0.2, -0.15) is 0 Å². The number of amides is 1. The Balaban J connectivity index is 1.52. The number of nitrogens with zero attached hydrogens (tertiary/aromatic N) is 1. The van der Waals surface area contributed by atoms with Crippen LogP contribution in [0.25, 0.3) is 0 Å². The van der Waals surface area contributed by atoms with Gasteiger partial charge in [0.25, 0.3) is 0 Å². The Bertz CT molecular complexity index is 954. The fraction of sp³-hybridized carbons (Fsp3) is 0.381. The molecule has 0 saturated carbocycles. The van der Waals surface area contributed by atoms with E-state index in [1.807, 2.05) is 18.2 Å². The number of carbonyl (C=O) groups is 1. The van der Waals surface area contributed by atoms with Crippen LogP contribution < -0.4 is 10.0 Å². The summed E-state index contributed by atoms with van der Waals surface area (Å²) in [6.07, 6.45) is 3.24. The van der Waals surface area contributed by atoms with Crippen LogP contribution in [0.2, 0.25) is 0 Å². The minimum absolute atomic E-state index is 0.0235. The number of rotatable bonds is 6. The van der Waals surface area contributed by atoms with Gasteiger partial charge >= 0.3 is 0 Å². The van der Waals surface area contributed by atoms with Gasteiger partial charge in [-0.05, 0) is 61.7 Å².